The van der Waals surface area contributed by atoms with Crippen LogP contribution >= 0.6 is 0 Å². The first-order valence-corrected chi connectivity index (χ1v) is 3.53. The Balaban J connectivity index is 0.000000810. The summed E-state index contributed by atoms with van der Waals surface area (Å²) in [6.45, 7) is 0. The fourth-order valence-corrected chi connectivity index (χ4v) is 1.35. The number of carboxylic acid groups (broad SMARTS) is 1. The van der Waals surface area contributed by atoms with Crippen LogP contribution in [0.15, 0.2) is 0 Å². The van der Waals surface area contributed by atoms with Crippen LogP contribution in [0.2, 0.25) is 0 Å². The average Bonchev–Trinajstić information content (AvgIpc) is 1.90. The summed E-state index contributed by atoms with van der Waals surface area (Å²) in [5, 5.41) is 8.54. The molecule has 3 heteroatoms. The summed E-state index contributed by atoms with van der Waals surface area (Å²) < 4.78 is 0. The van der Waals surface area contributed by atoms with Gasteiger partial charge in [0, 0.05) is 32.7 Å². The quantitative estimate of drug-likeness (QED) is 0.724. The maximum atomic E-state index is 10.4. The fourth-order valence-electron chi connectivity index (χ4n) is 1.35. The smallest absolute Gasteiger partial charge is 0.306 e. The third kappa shape index (κ3) is 3.11. The van der Waals surface area contributed by atoms with Gasteiger partial charge in [-0.2, -0.15) is 0 Å². The van der Waals surface area contributed by atoms with Gasteiger partial charge in [-0.3, -0.25) is 4.79 Å². The summed E-state index contributed by atoms with van der Waals surface area (Å²) in [7, 11) is 0. The minimum atomic E-state index is -0.602. The van der Waals surface area contributed by atoms with Crippen LogP contribution in [0.5, 0.6) is 0 Å². The van der Waals surface area contributed by atoms with Gasteiger partial charge < -0.3 is 5.11 Å². The molecule has 0 heterocycles. The molecule has 2 nitrogen and oxygen atoms in total. The van der Waals surface area contributed by atoms with Crippen LogP contribution in [-0.4, -0.2) is 11.1 Å². The van der Waals surface area contributed by atoms with Crippen LogP contribution in [0, 0.1) is 5.92 Å². The Hall–Kier alpha value is 0.574. The largest absolute Gasteiger partial charge is 0.481 e. The molecule has 0 bridgehead atoms. The van der Waals surface area contributed by atoms with E-state index >= 15 is 0 Å². The van der Waals surface area contributed by atoms with E-state index in [2.05, 4.69) is 0 Å². The van der Waals surface area contributed by atoms with E-state index in [1.807, 2.05) is 0 Å². The molecule has 0 spiro atoms. The van der Waals surface area contributed by atoms with Gasteiger partial charge in [-0.1, -0.05) is 19.3 Å². The minimum Gasteiger partial charge on any atom is -0.481 e. The molecule has 0 aromatic heterocycles. The van der Waals surface area contributed by atoms with Crippen LogP contribution in [0.1, 0.15) is 32.1 Å². The first-order valence-electron chi connectivity index (χ1n) is 3.53. The van der Waals surface area contributed by atoms with E-state index in [0.717, 1.165) is 25.7 Å². The van der Waals surface area contributed by atoms with Crippen molar-refractivity contribution >= 4 is 5.97 Å². The van der Waals surface area contributed by atoms with Crippen molar-refractivity contribution in [2.45, 2.75) is 32.1 Å². The Labute approximate surface area is 86.3 Å². The molecule has 1 saturated carbocycles. The van der Waals surface area contributed by atoms with E-state index in [1.165, 1.54) is 6.42 Å². The Morgan fingerprint density at radius 3 is 2.00 bits per heavy atom. The summed E-state index contributed by atoms with van der Waals surface area (Å²) in [4.78, 5) is 10.4. The number of hydrogen-bond donors (Lipinski definition) is 1. The summed E-state index contributed by atoms with van der Waals surface area (Å²) >= 11 is 0. The van der Waals surface area contributed by atoms with Gasteiger partial charge in [0.25, 0.3) is 0 Å². The van der Waals surface area contributed by atoms with Crippen molar-refractivity contribution in [3.05, 3.63) is 0 Å². The van der Waals surface area contributed by atoms with Gasteiger partial charge in [0.1, 0.15) is 0 Å². The molecule has 0 unspecified atom stereocenters. The van der Waals surface area contributed by atoms with Gasteiger partial charge >= 0.3 is 5.97 Å². The molecule has 10 heavy (non-hydrogen) atoms. The Morgan fingerprint density at radius 1 is 1.20 bits per heavy atom. The average molecular weight is 217 g/mol. The third-order valence-electron chi connectivity index (χ3n) is 1.95. The van der Waals surface area contributed by atoms with E-state index in [1.54, 1.807) is 0 Å². The second-order valence-corrected chi connectivity index (χ2v) is 2.67. The Bertz CT molecular complexity index is 108. The molecule has 1 rings (SSSR count). The number of aliphatic carboxylic acids is 1. The molecular formula is C7H12O2Y. The summed E-state index contributed by atoms with van der Waals surface area (Å²) in [5.41, 5.74) is 0. The zero-order valence-corrected chi connectivity index (χ0v) is 8.88. The topological polar surface area (TPSA) is 37.3 Å². The Morgan fingerprint density at radius 2 is 1.70 bits per heavy atom. The van der Waals surface area contributed by atoms with Crippen molar-refractivity contribution in [2.75, 3.05) is 0 Å². The minimum absolute atomic E-state index is 0. The van der Waals surface area contributed by atoms with Crippen molar-refractivity contribution in [2.24, 2.45) is 5.92 Å². The first-order chi connectivity index (χ1) is 4.30. The van der Waals surface area contributed by atoms with E-state index in [0.29, 0.717) is 0 Å². The molecule has 0 saturated heterocycles. The number of rotatable bonds is 1. The third-order valence-corrected chi connectivity index (χ3v) is 1.95. The molecule has 55 valence electrons. The second kappa shape index (κ2) is 5.25. The van der Waals surface area contributed by atoms with Crippen LogP contribution in [-0.2, 0) is 37.5 Å². The van der Waals surface area contributed by atoms with Gasteiger partial charge in [0.05, 0.1) is 5.92 Å². The number of carbonyl (C=O) groups is 1. The SMILES string of the molecule is O=C(O)C1CCCCC1.[Y]. The van der Waals surface area contributed by atoms with E-state index in [-0.39, 0.29) is 38.6 Å². The molecule has 1 N–H and O–H groups in total. The first kappa shape index (κ1) is 10.6. The molecule has 0 aliphatic heterocycles. The molecular weight excluding hydrogens is 205 g/mol. The van der Waals surface area contributed by atoms with Crippen molar-refractivity contribution in [1.29, 1.82) is 0 Å². The van der Waals surface area contributed by atoms with Gasteiger partial charge in [-0.25, -0.2) is 0 Å². The predicted molar refractivity (Wildman–Crippen MR) is 34.2 cm³/mol. The van der Waals surface area contributed by atoms with E-state index < -0.39 is 5.97 Å². The maximum absolute atomic E-state index is 10.4. The summed E-state index contributed by atoms with van der Waals surface area (Å²) in [5.74, 6) is -0.631. The van der Waals surface area contributed by atoms with Crippen LogP contribution in [0.3, 0.4) is 0 Å². The molecule has 0 aromatic rings. The normalized spacial score (nSPS) is 19.6. The molecule has 1 radical (unpaired) electrons. The van der Waals surface area contributed by atoms with Gasteiger partial charge in [-0.05, 0) is 12.8 Å². The zero-order chi connectivity index (χ0) is 6.69. The van der Waals surface area contributed by atoms with Crippen molar-refractivity contribution < 1.29 is 42.6 Å². The summed E-state index contributed by atoms with van der Waals surface area (Å²) in [6, 6.07) is 0. The molecule has 1 aliphatic rings. The molecule has 1 aliphatic carbocycles. The fraction of sp³-hybridized carbons (Fsp3) is 0.857. The van der Waals surface area contributed by atoms with Gasteiger partial charge in [0.2, 0.25) is 0 Å². The predicted octanol–water partition coefficient (Wildman–Crippen LogP) is 1.65. The van der Waals surface area contributed by atoms with Crippen LogP contribution < -0.4 is 0 Å². The number of hydrogen-bond acceptors (Lipinski definition) is 1. The van der Waals surface area contributed by atoms with Crippen LogP contribution in [0.4, 0.5) is 0 Å². The van der Waals surface area contributed by atoms with Crippen LogP contribution in [0.25, 0.3) is 0 Å². The van der Waals surface area contributed by atoms with E-state index in [9.17, 15) is 4.79 Å². The van der Waals surface area contributed by atoms with Crippen molar-refractivity contribution in [3.63, 3.8) is 0 Å². The molecule has 1 fully saturated rings. The maximum Gasteiger partial charge on any atom is 0.306 e. The standard InChI is InChI=1S/C7H12O2.Y/c8-7(9)6-4-2-1-3-5-6;/h6H,1-5H2,(H,8,9);. The molecule has 0 amide bonds. The molecule has 0 atom stereocenters. The van der Waals surface area contributed by atoms with Crippen molar-refractivity contribution in [3.8, 4) is 0 Å². The summed E-state index contributed by atoms with van der Waals surface area (Å²) in [6.07, 6.45) is 5.24. The molecule has 0 aromatic carbocycles. The van der Waals surface area contributed by atoms with Gasteiger partial charge in [-0.15, -0.1) is 0 Å². The van der Waals surface area contributed by atoms with Gasteiger partial charge in [0.15, 0.2) is 0 Å². The Kier molecular flexibility index (Phi) is 5.56. The zero-order valence-electron chi connectivity index (χ0n) is 6.05. The second-order valence-electron chi connectivity index (χ2n) is 2.67. The van der Waals surface area contributed by atoms with Crippen molar-refractivity contribution in [1.82, 2.24) is 0 Å². The monoisotopic (exact) mass is 217 g/mol. The number of carboxylic acids is 1. The van der Waals surface area contributed by atoms with E-state index in [4.69, 9.17) is 5.11 Å².